The second kappa shape index (κ2) is 20.2. The van der Waals surface area contributed by atoms with Gasteiger partial charge in [0.15, 0.2) is 0 Å². The fraction of sp³-hybridized carbons (Fsp3) is 1.00. The van der Waals surface area contributed by atoms with Gasteiger partial charge in [-0.1, -0.05) is 117 Å². The smallest absolute Gasteiger partial charge is 0.0808 e. The highest BCUT2D eigenvalue weighted by Crippen LogP contribution is 2.34. The molecule has 1 atom stereocenters. The Morgan fingerprint density at radius 2 is 1.21 bits per heavy atom. The first-order valence-electron chi connectivity index (χ1n) is 13.1. The molecule has 1 aliphatic carbocycles. The molecule has 1 aliphatic rings. The number of hydrogen-bond acceptors (Lipinski definition) is 2. The summed E-state index contributed by atoms with van der Waals surface area (Å²) in [7, 11) is 0. The number of hydrogen-bond donors (Lipinski definition) is 0. The molecule has 2 heteroatoms. The van der Waals surface area contributed by atoms with Crippen molar-refractivity contribution in [1.82, 2.24) is 0 Å². The largest absolute Gasteiger partial charge is 0.379 e. The maximum absolute atomic E-state index is 5.93. The summed E-state index contributed by atoms with van der Waals surface area (Å²) >= 11 is 0. The Morgan fingerprint density at radius 3 is 1.75 bits per heavy atom. The molecular weight excluding hydrogens is 344 g/mol. The van der Waals surface area contributed by atoms with Gasteiger partial charge >= 0.3 is 0 Å². The lowest BCUT2D eigenvalue weighted by Crippen LogP contribution is -2.20. The predicted octanol–water partition coefficient (Wildman–Crippen LogP) is 8.47. The Labute approximate surface area is 177 Å². The lowest BCUT2D eigenvalue weighted by molar-refractivity contribution is -0.0223. The van der Waals surface area contributed by atoms with E-state index >= 15 is 0 Å². The van der Waals surface area contributed by atoms with Crippen molar-refractivity contribution in [2.45, 2.75) is 142 Å². The summed E-state index contributed by atoms with van der Waals surface area (Å²) in [6.07, 6.45) is 26.7. The first-order valence-corrected chi connectivity index (χ1v) is 13.1. The van der Waals surface area contributed by atoms with Gasteiger partial charge in [-0.2, -0.15) is 0 Å². The molecule has 0 radical (unpaired) electrons. The van der Waals surface area contributed by atoms with Crippen LogP contribution in [0, 0.1) is 5.92 Å². The Kier molecular flexibility index (Phi) is 18.7. The molecular formula is C26H52O2. The van der Waals surface area contributed by atoms with Crippen LogP contribution in [-0.4, -0.2) is 25.9 Å². The zero-order valence-electron chi connectivity index (χ0n) is 19.5. The monoisotopic (exact) mass is 396 g/mol. The van der Waals surface area contributed by atoms with Gasteiger partial charge in [-0.05, 0) is 25.2 Å². The van der Waals surface area contributed by atoms with Crippen molar-refractivity contribution in [1.29, 1.82) is 0 Å². The molecule has 168 valence electrons. The highest BCUT2D eigenvalue weighted by molar-refractivity contribution is 4.72. The first-order chi connectivity index (χ1) is 13.9. The third kappa shape index (κ3) is 18.0. The van der Waals surface area contributed by atoms with Crippen LogP contribution in [0.4, 0.5) is 0 Å². The molecule has 0 amide bonds. The van der Waals surface area contributed by atoms with Crippen LogP contribution in [0.1, 0.15) is 136 Å². The minimum Gasteiger partial charge on any atom is -0.379 e. The van der Waals surface area contributed by atoms with Gasteiger partial charge in [-0.3, -0.25) is 0 Å². The molecule has 1 unspecified atom stereocenters. The predicted molar refractivity (Wildman–Crippen MR) is 123 cm³/mol. The molecule has 2 nitrogen and oxygen atoms in total. The molecule has 0 aromatic rings. The standard InChI is InChI=1S/C26H52O2/c1-3-5-23-28-26(18-4-2)24-27-22-17-15-13-11-9-7-6-8-10-12-14-16-19-25-20-21-25/h25-26H,3-24H2,1-2H3. The second-order valence-corrected chi connectivity index (χ2v) is 9.18. The van der Waals surface area contributed by atoms with E-state index in [2.05, 4.69) is 13.8 Å². The van der Waals surface area contributed by atoms with Crippen LogP contribution in [-0.2, 0) is 9.47 Å². The van der Waals surface area contributed by atoms with Crippen LogP contribution >= 0.6 is 0 Å². The highest BCUT2D eigenvalue weighted by Gasteiger charge is 2.19. The Hall–Kier alpha value is -0.0800. The van der Waals surface area contributed by atoms with E-state index in [0.29, 0.717) is 6.10 Å². The van der Waals surface area contributed by atoms with Gasteiger partial charge in [0.1, 0.15) is 0 Å². The van der Waals surface area contributed by atoms with Gasteiger partial charge in [0.05, 0.1) is 12.7 Å². The van der Waals surface area contributed by atoms with Crippen LogP contribution < -0.4 is 0 Å². The second-order valence-electron chi connectivity index (χ2n) is 9.18. The first kappa shape index (κ1) is 26.0. The summed E-state index contributed by atoms with van der Waals surface area (Å²) in [4.78, 5) is 0. The maximum atomic E-state index is 5.93. The highest BCUT2D eigenvalue weighted by atomic mass is 16.5. The lowest BCUT2D eigenvalue weighted by atomic mass is 10.0. The van der Waals surface area contributed by atoms with E-state index in [1.54, 1.807) is 0 Å². The van der Waals surface area contributed by atoms with Crippen molar-refractivity contribution >= 4 is 0 Å². The average Bonchev–Trinajstić information content (AvgIpc) is 3.52. The molecule has 0 aliphatic heterocycles. The molecule has 28 heavy (non-hydrogen) atoms. The zero-order valence-corrected chi connectivity index (χ0v) is 19.5. The molecule has 0 aromatic carbocycles. The SMILES string of the molecule is CCCCOC(CCC)COCCCCCCCCCCCCCCC1CC1. The van der Waals surface area contributed by atoms with Crippen molar-refractivity contribution in [3.8, 4) is 0 Å². The van der Waals surface area contributed by atoms with Crippen molar-refractivity contribution in [2.24, 2.45) is 5.92 Å². The number of ether oxygens (including phenoxy) is 2. The van der Waals surface area contributed by atoms with Crippen LogP contribution in [0.25, 0.3) is 0 Å². The van der Waals surface area contributed by atoms with Gasteiger partial charge in [0.25, 0.3) is 0 Å². The van der Waals surface area contributed by atoms with E-state index in [-0.39, 0.29) is 0 Å². The van der Waals surface area contributed by atoms with E-state index in [4.69, 9.17) is 9.47 Å². The van der Waals surface area contributed by atoms with Gasteiger partial charge in [0.2, 0.25) is 0 Å². The third-order valence-electron chi connectivity index (χ3n) is 6.11. The van der Waals surface area contributed by atoms with Gasteiger partial charge < -0.3 is 9.47 Å². The van der Waals surface area contributed by atoms with Crippen LogP contribution in [0.5, 0.6) is 0 Å². The molecule has 0 spiro atoms. The van der Waals surface area contributed by atoms with Gasteiger partial charge in [-0.15, -0.1) is 0 Å². The Bertz CT molecular complexity index is 301. The lowest BCUT2D eigenvalue weighted by Gasteiger charge is -2.17. The summed E-state index contributed by atoms with van der Waals surface area (Å²) in [6.45, 7) is 7.04. The van der Waals surface area contributed by atoms with Crippen LogP contribution in [0.3, 0.4) is 0 Å². The van der Waals surface area contributed by atoms with Crippen LogP contribution in [0.2, 0.25) is 0 Å². The van der Waals surface area contributed by atoms with Crippen molar-refractivity contribution in [3.05, 3.63) is 0 Å². The zero-order chi connectivity index (χ0) is 20.1. The van der Waals surface area contributed by atoms with E-state index in [0.717, 1.165) is 32.2 Å². The van der Waals surface area contributed by atoms with Crippen molar-refractivity contribution in [2.75, 3.05) is 19.8 Å². The Morgan fingerprint density at radius 1 is 0.643 bits per heavy atom. The topological polar surface area (TPSA) is 18.5 Å². The van der Waals surface area contributed by atoms with Gasteiger partial charge in [0, 0.05) is 13.2 Å². The van der Waals surface area contributed by atoms with Crippen molar-refractivity contribution < 1.29 is 9.47 Å². The summed E-state index contributed by atoms with van der Waals surface area (Å²) in [5.74, 6) is 1.13. The molecule has 0 aromatic heterocycles. The summed E-state index contributed by atoms with van der Waals surface area (Å²) < 4.78 is 11.8. The molecule has 1 rings (SSSR count). The van der Waals surface area contributed by atoms with E-state index in [9.17, 15) is 0 Å². The molecule has 1 fully saturated rings. The number of rotatable bonds is 23. The van der Waals surface area contributed by atoms with E-state index < -0.39 is 0 Å². The molecule has 0 N–H and O–H groups in total. The Balaban J connectivity index is 1.72. The molecule has 0 saturated heterocycles. The fourth-order valence-corrected chi connectivity index (χ4v) is 3.96. The quantitative estimate of drug-likeness (QED) is 0.161. The average molecular weight is 397 g/mol. The van der Waals surface area contributed by atoms with Crippen molar-refractivity contribution in [3.63, 3.8) is 0 Å². The summed E-state index contributed by atoms with van der Waals surface area (Å²) in [6, 6.07) is 0. The van der Waals surface area contributed by atoms with Crippen LogP contribution in [0.15, 0.2) is 0 Å². The van der Waals surface area contributed by atoms with E-state index in [1.807, 2.05) is 0 Å². The summed E-state index contributed by atoms with van der Waals surface area (Å²) in [5.41, 5.74) is 0. The molecule has 0 bridgehead atoms. The summed E-state index contributed by atoms with van der Waals surface area (Å²) in [5, 5.41) is 0. The molecule has 0 heterocycles. The van der Waals surface area contributed by atoms with E-state index in [1.165, 1.54) is 116 Å². The third-order valence-corrected chi connectivity index (χ3v) is 6.11. The maximum Gasteiger partial charge on any atom is 0.0808 e. The molecule has 1 saturated carbocycles. The minimum absolute atomic E-state index is 0.315. The fourth-order valence-electron chi connectivity index (χ4n) is 3.96. The minimum atomic E-state index is 0.315. The number of unbranched alkanes of at least 4 members (excludes halogenated alkanes) is 12. The van der Waals surface area contributed by atoms with Gasteiger partial charge in [-0.25, -0.2) is 0 Å². The normalized spacial score (nSPS) is 15.2.